The first kappa shape index (κ1) is 18.9. The Bertz CT molecular complexity index is 764. The van der Waals surface area contributed by atoms with Gasteiger partial charge in [0.05, 0.1) is 0 Å². The summed E-state index contributed by atoms with van der Waals surface area (Å²) in [6.07, 6.45) is 4.88. The summed E-state index contributed by atoms with van der Waals surface area (Å²) in [5.41, 5.74) is 1.10. The summed E-state index contributed by atoms with van der Waals surface area (Å²) in [7, 11) is 0. The van der Waals surface area contributed by atoms with Crippen molar-refractivity contribution in [1.82, 2.24) is 30.0 Å². The molecule has 2 aliphatic rings. The Balaban J connectivity index is 1.65. The molecule has 0 bridgehead atoms. The highest BCUT2D eigenvalue weighted by Gasteiger charge is 2.33. The van der Waals surface area contributed by atoms with E-state index < -0.39 is 0 Å². The third-order valence-corrected chi connectivity index (χ3v) is 6.19. The first-order chi connectivity index (χ1) is 13.0. The third-order valence-electron chi connectivity index (χ3n) is 5.31. The number of hydrogen-bond donors (Lipinski definition) is 1. The molecule has 1 aliphatic heterocycles. The summed E-state index contributed by atoms with van der Waals surface area (Å²) in [5.74, 6) is 3.25. The van der Waals surface area contributed by atoms with Crippen molar-refractivity contribution in [3.8, 4) is 0 Å². The van der Waals surface area contributed by atoms with Crippen molar-refractivity contribution in [2.45, 2.75) is 87.4 Å². The van der Waals surface area contributed by atoms with E-state index >= 15 is 0 Å². The van der Waals surface area contributed by atoms with Gasteiger partial charge in [0.15, 0.2) is 5.16 Å². The van der Waals surface area contributed by atoms with Crippen molar-refractivity contribution in [1.29, 1.82) is 0 Å². The lowest BCUT2D eigenvalue weighted by Crippen LogP contribution is -2.30. The minimum Gasteiger partial charge on any atom is -0.316 e. The highest BCUT2D eigenvalue weighted by molar-refractivity contribution is 7.99. The van der Waals surface area contributed by atoms with Gasteiger partial charge in [-0.05, 0) is 56.0 Å². The molecule has 4 rings (SSSR count). The molecule has 2 aromatic rings. The standard InChI is InChI=1S/C20H30N6S/c1-12(2)16-10-17(23-18(22-16)13(3)4)27-20-25-24-19(26(20)15-7-8-15)14-6-5-9-21-11-14/h10,12-15,21H,5-9,11H2,1-4H3. The molecule has 2 fully saturated rings. The molecule has 0 spiro atoms. The second-order valence-corrected chi connectivity index (χ2v) is 9.37. The quantitative estimate of drug-likeness (QED) is 0.748. The van der Waals surface area contributed by atoms with Gasteiger partial charge in [0.25, 0.3) is 0 Å². The summed E-state index contributed by atoms with van der Waals surface area (Å²) >= 11 is 1.65. The second kappa shape index (κ2) is 7.87. The molecule has 6 nitrogen and oxygen atoms in total. The predicted octanol–water partition coefficient (Wildman–Crippen LogP) is 4.27. The zero-order valence-electron chi connectivity index (χ0n) is 16.8. The van der Waals surface area contributed by atoms with Crippen molar-refractivity contribution in [2.75, 3.05) is 13.1 Å². The van der Waals surface area contributed by atoms with Gasteiger partial charge >= 0.3 is 0 Å². The Morgan fingerprint density at radius 3 is 2.52 bits per heavy atom. The van der Waals surface area contributed by atoms with Crippen molar-refractivity contribution >= 4 is 11.8 Å². The molecule has 1 saturated carbocycles. The Labute approximate surface area is 166 Å². The van der Waals surface area contributed by atoms with Crippen LogP contribution in [0.5, 0.6) is 0 Å². The monoisotopic (exact) mass is 386 g/mol. The maximum Gasteiger partial charge on any atom is 0.197 e. The van der Waals surface area contributed by atoms with E-state index in [2.05, 4.69) is 53.8 Å². The van der Waals surface area contributed by atoms with Gasteiger partial charge in [0.1, 0.15) is 16.7 Å². The highest BCUT2D eigenvalue weighted by Crippen LogP contribution is 2.42. The van der Waals surface area contributed by atoms with E-state index in [9.17, 15) is 0 Å². The fraction of sp³-hybridized carbons (Fsp3) is 0.700. The molecule has 3 heterocycles. The molecule has 1 saturated heterocycles. The molecular weight excluding hydrogens is 356 g/mol. The molecule has 0 amide bonds. The van der Waals surface area contributed by atoms with Gasteiger partial charge in [-0.15, -0.1) is 10.2 Å². The molecule has 2 aromatic heterocycles. The second-order valence-electron chi connectivity index (χ2n) is 8.39. The topological polar surface area (TPSA) is 68.5 Å². The van der Waals surface area contributed by atoms with Crippen LogP contribution in [-0.4, -0.2) is 37.8 Å². The van der Waals surface area contributed by atoms with Gasteiger partial charge < -0.3 is 9.88 Å². The molecule has 1 N–H and O–H groups in total. The van der Waals surface area contributed by atoms with Crippen LogP contribution in [0.25, 0.3) is 0 Å². The van der Waals surface area contributed by atoms with E-state index in [1.54, 1.807) is 11.8 Å². The fourth-order valence-electron chi connectivity index (χ4n) is 3.55. The molecule has 0 radical (unpaired) electrons. The zero-order valence-corrected chi connectivity index (χ0v) is 17.6. The van der Waals surface area contributed by atoms with Crippen molar-refractivity contribution < 1.29 is 0 Å². The number of piperidine rings is 1. The summed E-state index contributed by atoms with van der Waals surface area (Å²) in [6.45, 7) is 10.8. The smallest absolute Gasteiger partial charge is 0.197 e. The van der Waals surface area contributed by atoms with Crippen molar-refractivity contribution in [2.24, 2.45) is 0 Å². The van der Waals surface area contributed by atoms with E-state index in [1.165, 1.54) is 25.7 Å². The Hall–Kier alpha value is -1.47. The van der Waals surface area contributed by atoms with Gasteiger partial charge in [-0.25, -0.2) is 9.97 Å². The Kier molecular flexibility index (Phi) is 5.50. The number of rotatable bonds is 6. The largest absolute Gasteiger partial charge is 0.316 e. The lowest BCUT2D eigenvalue weighted by Gasteiger charge is -2.22. The van der Waals surface area contributed by atoms with E-state index in [0.717, 1.165) is 40.6 Å². The van der Waals surface area contributed by atoms with Crippen LogP contribution in [0.2, 0.25) is 0 Å². The van der Waals surface area contributed by atoms with Crippen molar-refractivity contribution in [3.05, 3.63) is 23.4 Å². The van der Waals surface area contributed by atoms with Gasteiger partial charge in [-0.1, -0.05) is 27.7 Å². The van der Waals surface area contributed by atoms with Gasteiger partial charge in [0.2, 0.25) is 0 Å². The molecule has 27 heavy (non-hydrogen) atoms. The normalized spacial score (nSPS) is 20.6. The maximum absolute atomic E-state index is 4.81. The minimum absolute atomic E-state index is 0.313. The fourth-order valence-corrected chi connectivity index (χ4v) is 4.47. The molecular formula is C20H30N6S. The number of nitrogens with one attached hydrogen (secondary N) is 1. The maximum atomic E-state index is 4.81. The Morgan fingerprint density at radius 1 is 1.07 bits per heavy atom. The van der Waals surface area contributed by atoms with Gasteiger partial charge in [-0.2, -0.15) is 0 Å². The van der Waals surface area contributed by atoms with E-state index in [-0.39, 0.29) is 0 Å². The van der Waals surface area contributed by atoms with E-state index in [1.807, 2.05) is 0 Å². The molecule has 1 aliphatic carbocycles. The van der Waals surface area contributed by atoms with Crippen LogP contribution in [0, 0.1) is 0 Å². The van der Waals surface area contributed by atoms with Crippen LogP contribution in [0.15, 0.2) is 16.2 Å². The SMILES string of the molecule is CC(C)c1cc(Sc2nnc(C3CCCNC3)n2C2CC2)nc(C(C)C)n1. The zero-order chi connectivity index (χ0) is 19.0. The van der Waals surface area contributed by atoms with Crippen LogP contribution in [0.4, 0.5) is 0 Å². The molecule has 146 valence electrons. The molecule has 7 heteroatoms. The van der Waals surface area contributed by atoms with Crippen LogP contribution in [0.1, 0.15) is 94.5 Å². The number of nitrogens with zero attached hydrogens (tertiary/aromatic N) is 5. The number of hydrogen-bond acceptors (Lipinski definition) is 6. The highest BCUT2D eigenvalue weighted by atomic mass is 32.2. The lowest BCUT2D eigenvalue weighted by atomic mass is 9.99. The van der Waals surface area contributed by atoms with Crippen molar-refractivity contribution in [3.63, 3.8) is 0 Å². The van der Waals surface area contributed by atoms with Crippen LogP contribution < -0.4 is 5.32 Å². The molecule has 0 aromatic carbocycles. The van der Waals surface area contributed by atoms with E-state index in [4.69, 9.17) is 9.97 Å². The van der Waals surface area contributed by atoms with Crippen LogP contribution in [0.3, 0.4) is 0 Å². The summed E-state index contributed by atoms with van der Waals surface area (Å²) in [4.78, 5) is 9.56. The molecule has 1 atom stereocenters. The van der Waals surface area contributed by atoms with Crippen LogP contribution >= 0.6 is 11.8 Å². The van der Waals surface area contributed by atoms with E-state index in [0.29, 0.717) is 23.8 Å². The average Bonchev–Trinajstić information content (AvgIpc) is 3.42. The molecule has 1 unspecified atom stereocenters. The first-order valence-corrected chi connectivity index (χ1v) is 11.1. The Morgan fingerprint density at radius 2 is 1.89 bits per heavy atom. The average molecular weight is 387 g/mol. The first-order valence-electron chi connectivity index (χ1n) is 10.2. The summed E-state index contributed by atoms with van der Waals surface area (Å²) < 4.78 is 2.40. The van der Waals surface area contributed by atoms with Gasteiger partial charge in [-0.3, -0.25) is 0 Å². The third kappa shape index (κ3) is 4.19. The van der Waals surface area contributed by atoms with Crippen LogP contribution in [-0.2, 0) is 0 Å². The van der Waals surface area contributed by atoms with Gasteiger partial charge in [0, 0.05) is 30.1 Å². The summed E-state index contributed by atoms with van der Waals surface area (Å²) in [5, 5.41) is 14.7. The summed E-state index contributed by atoms with van der Waals surface area (Å²) in [6, 6.07) is 2.69. The number of aromatic nitrogens is 5. The predicted molar refractivity (Wildman–Crippen MR) is 107 cm³/mol. The lowest BCUT2D eigenvalue weighted by molar-refractivity contribution is 0.428. The minimum atomic E-state index is 0.313.